The number of hydrogen-bond acceptors (Lipinski definition) is 5. The Morgan fingerprint density at radius 3 is 2.41 bits per heavy atom. The highest BCUT2D eigenvalue weighted by molar-refractivity contribution is 5.29. The van der Waals surface area contributed by atoms with Gasteiger partial charge in [0.05, 0.1) is 23.6 Å². The summed E-state index contributed by atoms with van der Waals surface area (Å²) in [6, 6.07) is 3.31. The van der Waals surface area contributed by atoms with E-state index in [1.165, 1.54) is 6.07 Å². The molecule has 4 aliphatic rings. The summed E-state index contributed by atoms with van der Waals surface area (Å²) >= 11 is 0. The van der Waals surface area contributed by atoms with Crippen LogP contribution in [0.5, 0.6) is 0 Å². The lowest BCUT2D eigenvalue weighted by Gasteiger charge is -2.67. The molecule has 0 saturated heterocycles. The minimum atomic E-state index is -0.926. The Kier molecular flexibility index (Phi) is 4.21. The number of aliphatic hydroxyl groups excluding tert-OH is 1. The Balaban J connectivity index is 1.53. The molecule has 3 N–H and O–H groups in total. The van der Waals surface area contributed by atoms with E-state index in [0.29, 0.717) is 18.8 Å². The van der Waals surface area contributed by atoms with E-state index in [0.717, 1.165) is 50.5 Å². The van der Waals surface area contributed by atoms with Crippen molar-refractivity contribution in [1.82, 2.24) is 0 Å². The van der Waals surface area contributed by atoms with Crippen molar-refractivity contribution >= 4 is 0 Å². The van der Waals surface area contributed by atoms with Gasteiger partial charge in [0.15, 0.2) is 0 Å². The van der Waals surface area contributed by atoms with Crippen molar-refractivity contribution in [3.05, 3.63) is 34.4 Å². The normalized spacial score (nSPS) is 51.8. The summed E-state index contributed by atoms with van der Waals surface area (Å²) in [6.07, 6.45) is 8.37. The molecular weight excluding hydrogens is 368 g/mol. The maximum atomic E-state index is 12.2. The second-order valence-corrected chi connectivity index (χ2v) is 10.9. The minimum Gasteiger partial charge on any atom is -0.431 e. The monoisotopic (exact) mass is 402 g/mol. The molecule has 0 spiro atoms. The van der Waals surface area contributed by atoms with E-state index in [9.17, 15) is 20.1 Å². The van der Waals surface area contributed by atoms with Gasteiger partial charge in [-0.15, -0.1) is 0 Å². The van der Waals surface area contributed by atoms with Gasteiger partial charge in [0.1, 0.15) is 0 Å². The molecule has 4 saturated carbocycles. The molecule has 5 rings (SSSR count). The Morgan fingerprint density at radius 1 is 0.931 bits per heavy atom. The van der Waals surface area contributed by atoms with Crippen LogP contribution in [0.2, 0.25) is 0 Å². The van der Waals surface area contributed by atoms with Crippen LogP contribution in [0.15, 0.2) is 27.6 Å². The van der Waals surface area contributed by atoms with Gasteiger partial charge in [-0.05, 0) is 86.7 Å². The first-order chi connectivity index (χ1) is 13.6. The minimum absolute atomic E-state index is 0.125. The van der Waals surface area contributed by atoms with Gasteiger partial charge in [0.25, 0.3) is 0 Å². The Morgan fingerprint density at radius 2 is 1.69 bits per heavy atom. The molecule has 29 heavy (non-hydrogen) atoms. The van der Waals surface area contributed by atoms with Gasteiger partial charge in [-0.2, -0.15) is 0 Å². The number of aliphatic hydroxyl groups is 3. The Hall–Kier alpha value is -1.17. The fourth-order valence-electron chi connectivity index (χ4n) is 8.27. The van der Waals surface area contributed by atoms with Crippen LogP contribution >= 0.6 is 0 Å². The van der Waals surface area contributed by atoms with E-state index in [-0.39, 0.29) is 34.4 Å². The smallest absolute Gasteiger partial charge is 0.335 e. The predicted molar refractivity (Wildman–Crippen MR) is 108 cm³/mol. The summed E-state index contributed by atoms with van der Waals surface area (Å²) in [4.78, 5) is 11.4. The average molecular weight is 403 g/mol. The third-order valence-corrected chi connectivity index (χ3v) is 10.1. The molecular formula is C24H34O5. The van der Waals surface area contributed by atoms with E-state index in [1.54, 1.807) is 6.26 Å². The van der Waals surface area contributed by atoms with E-state index < -0.39 is 11.2 Å². The second kappa shape index (κ2) is 6.18. The first-order valence-electron chi connectivity index (χ1n) is 11.4. The topological polar surface area (TPSA) is 90.9 Å². The fourth-order valence-corrected chi connectivity index (χ4v) is 8.27. The zero-order valence-corrected chi connectivity index (χ0v) is 17.6. The van der Waals surface area contributed by atoms with Gasteiger partial charge in [-0.25, -0.2) is 4.79 Å². The van der Waals surface area contributed by atoms with Crippen LogP contribution in [0.1, 0.15) is 83.1 Å². The molecule has 0 amide bonds. The molecule has 1 heterocycles. The molecule has 0 aromatic carbocycles. The maximum absolute atomic E-state index is 12.2. The van der Waals surface area contributed by atoms with Crippen LogP contribution in [0, 0.1) is 22.7 Å². The molecule has 0 aliphatic heterocycles. The van der Waals surface area contributed by atoms with Crippen molar-refractivity contribution in [3.8, 4) is 0 Å². The molecule has 5 nitrogen and oxygen atoms in total. The van der Waals surface area contributed by atoms with Gasteiger partial charge in [0.2, 0.25) is 0 Å². The highest BCUT2D eigenvalue weighted by Gasteiger charge is 2.72. The maximum Gasteiger partial charge on any atom is 0.335 e. The lowest BCUT2D eigenvalue weighted by Crippen LogP contribution is -2.71. The molecule has 8 atom stereocenters. The lowest BCUT2D eigenvalue weighted by atomic mass is 9.41. The summed E-state index contributed by atoms with van der Waals surface area (Å²) in [5, 5.41) is 34.5. The van der Waals surface area contributed by atoms with Gasteiger partial charge in [-0.1, -0.05) is 13.8 Å². The largest absolute Gasteiger partial charge is 0.431 e. The molecule has 4 fully saturated rings. The van der Waals surface area contributed by atoms with E-state index >= 15 is 0 Å². The van der Waals surface area contributed by atoms with Crippen LogP contribution in [0.4, 0.5) is 0 Å². The second-order valence-electron chi connectivity index (χ2n) is 10.9. The van der Waals surface area contributed by atoms with Crippen LogP contribution in [0.25, 0.3) is 0 Å². The first-order valence-corrected chi connectivity index (χ1v) is 11.4. The number of fused-ring (bicyclic) bond motifs is 5. The molecule has 0 radical (unpaired) electrons. The summed E-state index contributed by atoms with van der Waals surface area (Å²) in [6.45, 7) is 4.38. The van der Waals surface area contributed by atoms with E-state index in [4.69, 9.17) is 4.42 Å². The average Bonchev–Trinajstić information content (AvgIpc) is 2.96. The molecule has 1 aromatic rings. The quantitative estimate of drug-likeness (QED) is 0.670. The van der Waals surface area contributed by atoms with Gasteiger partial charge in [-0.3, -0.25) is 0 Å². The van der Waals surface area contributed by atoms with Crippen molar-refractivity contribution in [3.63, 3.8) is 0 Å². The zero-order valence-electron chi connectivity index (χ0n) is 17.6. The van der Waals surface area contributed by atoms with E-state index in [1.807, 2.05) is 6.07 Å². The van der Waals surface area contributed by atoms with Crippen LogP contribution in [0.3, 0.4) is 0 Å². The third kappa shape index (κ3) is 2.41. The highest BCUT2D eigenvalue weighted by Crippen LogP contribution is 2.71. The van der Waals surface area contributed by atoms with Crippen molar-refractivity contribution in [2.75, 3.05) is 0 Å². The highest BCUT2D eigenvalue weighted by atomic mass is 16.4. The van der Waals surface area contributed by atoms with Gasteiger partial charge >= 0.3 is 5.63 Å². The summed E-state index contributed by atoms with van der Waals surface area (Å²) in [5.74, 6) is 0.298. The van der Waals surface area contributed by atoms with Gasteiger partial charge < -0.3 is 19.7 Å². The fraction of sp³-hybridized carbons (Fsp3) is 0.792. The molecule has 4 aliphatic carbocycles. The summed E-state index contributed by atoms with van der Waals surface area (Å²) in [7, 11) is 0. The molecule has 160 valence electrons. The van der Waals surface area contributed by atoms with E-state index in [2.05, 4.69) is 13.8 Å². The Labute approximate surface area is 172 Å². The van der Waals surface area contributed by atoms with Gasteiger partial charge in [0, 0.05) is 17.4 Å². The van der Waals surface area contributed by atoms with Crippen molar-refractivity contribution in [1.29, 1.82) is 0 Å². The van der Waals surface area contributed by atoms with Crippen LogP contribution in [-0.2, 0) is 0 Å². The first kappa shape index (κ1) is 19.8. The third-order valence-electron chi connectivity index (χ3n) is 10.1. The van der Waals surface area contributed by atoms with Crippen molar-refractivity contribution < 1.29 is 19.7 Å². The van der Waals surface area contributed by atoms with Crippen molar-refractivity contribution in [2.24, 2.45) is 22.7 Å². The predicted octanol–water partition coefficient (Wildman–Crippen LogP) is 3.36. The van der Waals surface area contributed by atoms with Crippen molar-refractivity contribution in [2.45, 2.75) is 94.9 Å². The SMILES string of the molecule is C[C@]12CC[C@@H](O)C[C@H]1CC[C@@H]1[C@]2(O)CC[C@]2(C)[C@@H](c3ccc(=O)oc3)CC[C@]12O. The van der Waals surface area contributed by atoms with Crippen LogP contribution in [-0.4, -0.2) is 32.6 Å². The molecule has 0 unspecified atom stereocenters. The molecule has 1 aromatic heterocycles. The summed E-state index contributed by atoms with van der Waals surface area (Å²) < 4.78 is 5.14. The molecule has 0 bridgehead atoms. The lowest BCUT2D eigenvalue weighted by molar-refractivity contribution is -0.284. The molecule has 5 heteroatoms. The summed E-state index contributed by atoms with van der Waals surface area (Å²) in [5.41, 5.74) is -1.77. The Bertz CT molecular complexity index is 845. The van der Waals surface area contributed by atoms with Crippen LogP contribution < -0.4 is 5.63 Å². The zero-order chi connectivity index (χ0) is 20.7. The number of hydrogen-bond donors (Lipinski definition) is 3. The standard InChI is InChI=1S/C24H34O5/c1-21-9-7-17(25)13-16(21)4-5-19-23(27)10-8-18(15-3-6-20(26)29-14-15)22(23,2)11-12-24(19,21)28/h3,6,14,16-19,25,27-28H,4-5,7-13H2,1-2H3/t16-,17-,18-,19+,21+,22-,23+,24-/m1/s1. The number of rotatable bonds is 1.